The highest BCUT2D eigenvalue weighted by Crippen LogP contribution is 2.19. The maximum absolute atomic E-state index is 11.9. The summed E-state index contributed by atoms with van der Waals surface area (Å²) in [5.41, 5.74) is 6.63. The van der Waals surface area contributed by atoms with Gasteiger partial charge in [0.2, 0.25) is 0 Å². The molecule has 0 aliphatic rings. The molecule has 1 amide bonds. The van der Waals surface area contributed by atoms with Gasteiger partial charge in [0.05, 0.1) is 19.3 Å². The topological polar surface area (TPSA) is 73.6 Å². The van der Waals surface area contributed by atoms with Crippen LogP contribution >= 0.6 is 0 Å². The Labute approximate surface area is 114 Å². The maximum atomic E-state index is 11.9. The molecule has 0 heterocycles. The minimum Gasteiger partial charge on any atom is -0.497 e. The molecule has 0 spiro atoms. The van der Waals surface area contributed by atoms with Crippen molar-refractivity contribution in [1.82, 2.24) is 5.32 Å². The van der Waals surface area contributed by atoms with Crippen LogP contribution in [-0.4, -0.2) is 32.8 Å². The van der Waals surface area contributed by atoms with Crippen LogP contribution in [0.4, 0.5) is 5.69 Å². The number of nitrogens with one attached hydrogen (secondary N) is 1. The summed E-state index contributed by atoms with van der Waals surface area (Å²) in [6.07, 6.45) is 2.14. The largest absolute Gasteiger partial charge is 0.497 e. The van der Waals surface area contributed by atoms with Crippen LogP contribution in [0, 0.1) is 0 Å². The fourth-order valence-electron chi connectivity index (χ4n) is 1.54. The van der Waals surface area contributed by atoms with E-state index in [4.69, 9.17) is 15.2 Å². The van der Waals surface area contributed by atoms with E-state index in [2.05, 4.69) is 12.2 Å². The summed E-state index contributed by atoms with van der Waals surface area (Å²) in [5.74, 6) is 0.397. The second-order valence-corrected chi connectivity index (χ2v) is 4.18. The number of hydrogen-bond acceptors (Lipinski definition) is 4. The number of unbranched alkanes of at least 4 members (excludes halogenated alkanes) is 1. The number of ether oxygens (including phenoxy) is 2. The number of methoxy groups -OCH3 is 1. The van der Waals surface area contributed by atoms with E-state index in [1.165, 1.54) is 0 Å². The van der Waals surface area contributed by atoms with Gasteiger partial charge in [-0.2, -0.15) is 0 Å². The lowest BCUT2D eigenvalue weighted by molar-refractivity contribution is 0.0913. The molecule has 0 aromatic heterocycles. The molecule has 5 nitrogen and oxygen atoms in total. The monoisotopic (exact) mass is 266 g/mol. The molecule has 1 aromatic carbocycles. The van der Waals surface area contributed by atoms with Crippen molar-refractivity contribution in [1.29, 1.82) is 0 Å². The SMILES string of the molecule is CCCCOCCNC(=O)c1cc(OC)ccc1N. The fourth-order valence-corrected chi connectivity index (χ4v) is 1.54. The van der Waals surface area contributed by atoms with Crippen LogP contribution in [0.5, 0.6) is 5.75 Å². The predicted octanol–water partition coefficient (Wildman–Crippen LogP) is 1.82. The zero-order chi connectivity index (χ0) is 14.1. The van der Waals surface area contributed by atoms with Crippen LogP contribution in [0.2, 0.25) is 0 Å². The first kappa shape index (κ1) is 15.3. The quantitative estimate of drug-likeness (QED) is 0.556. The first-order valence-electron chi connectivity index (χ1n) is 6.48. The molecule has 1 aromatic rings. The van der Waals surface area contributed by atoms with Gasteiger partial charge in [0, 0.05) is 18.8 Å². The standard InChI is InChI=1S/C14H22N2O3/c1-3-4-8-19-9-7-16-14(17)12-10-11(18-2)5-6-13(12)15/h5-6,10H,3-4,7-9,15H2,1-2H3,(H,16,17). The van der Waals surface area contributed by atoms with Crippen LogP contribution in [0.25, 0.3) is 0 Å². The Morgan fingerprint density at radius 1 is 1.37 bits per heavy atom. The molecule has 106 valence electrons. The molecule has 0 unspecified atom stereocenters. The Hall–Kier alpha value is -1.75. The summed E-state index contributed by atoms with van der Waals surface area (Å²) in [7, 11) is 1.55. The van der Waals surface area contributed by atoms with Crippen molar-refractivity contribution < 1.29 is 14.3 Å². The first-order valence-corrected chi connectivity index (χ1v) is 6.48. The number of hydrogen-bond donors (Lipinski definition) is 2. The fraction of sp³-hybridized carbons (Fsp3) is 0.500. The van der Waals surface area contributed by atoms with Gasteiger partial charge in [0.15, 0.2) is 0 Å². The number of carbonyl (C=O) groups excluding carboxylic acids is 1. The summed E-state index contributed by atoms with van der Waals surface area (Å²) in [6.45, 7) is 3.82. The molecule has 0 radical (unpaired) electrons. The molecular weight excluding hydrogens is 244 g/mol. The Kier molecular flexibility index (Phi) is 6.74. The Balaban J connectivity index is 2.40. The van der Waals surface area contributed by atoms with Gasteiger partial charge in [-0.25, -0.2) is 0 Å². The van der Waals surface area contributed by atoms with E-state index in [-0.39, 0.29) is 5.91 Å². The molecule has 0 aliphatic carbocycles. The van der Waals surface area contributed by atoms with E-state index >= 15 is 0 Å². The van der Waals surface area contributed by atoms with Crippen LogP contribution < -0.4 is 15.8 Å². The Morgan fingerprint density at radius 3 is 2.84 bits per heavy atom. The van der Waals surface area contributed by atoms with Gasteiger partial charge in [0.25, 0.3) is 5.91 Å². The molecule has 5 heteroatoms. The van der Waals surface area contributed by atoms with Crippen LogP contribution in [0.15, 0.2) is 18.2 Å². The first-order chi connectivity index (χ1) is 9.19. The number of rotatable bonds is 8. The van der Waals surface area contributed by atoms with Gasteiger partial charge in [-0.1, -0.05) is 13.3 Å². The number of nitrogen functional groups attached to an aromatic ring is 1. The average molecular weight is 266 g/mol. The number of amides is 1. The van der Waals surface area contributed by atoms with Crippen LogP contribution in [0.3, 0.4) is 0 Å². The molecule has 19 heavy (non-hydrogen) atoms. The lowest BCUT2D eigenvalue weighted by Gasteiger charge is -2.09. The zero-order valence-electron chi connectivity index (χ0n) is 11.6. The van der Waals surface area contributed by atoms with Gasteiger partial charge in [-0.15, -0.1) is 0 Å². The van der Waals surface area contributed by atoms with Crippen LogP contribution in [0.1, 0.15) is 30.1 Å². The van der Waals surface area contributed by atoms with Crippen molar-refractivity contribution in [3.8, 4) is 5.75 Å². The molecule has 0 saturated heterocycles. The van der Waals surface area contributed by atoms with Gasteiger partial charge in [-0.3, -0.25) is 4.79 Å². The zero-order valence-corrected chi connectivity index (χ0v) is 11.6. The third-order valence-electron chi connectivity index (χ3n) is 2.68. The summed E-state index contributed by atoms with van der Waals surface area (Å²) in [6, 6.07) is 5.01. The van der Waals surface area contributed by atoms with Gasteiger partial charge >= 0.3 is 0 Å². The van der Waals surface area contributed by atoms with E-state index in [0.717, 1.165) is 19.4 Å². The van der Waals surface area contributed by atoms with Crippen molar-refractivity contribution in [3.63, 3.8) is 0 Å². The molecule has 3 N–H and O–H groups in total. The van der Waals surface area contributed by atoms with E-state index in [1.807, 2.05) is 0 Å². The predicted molar refractivity (Wildman–Crippen MR) is 75.5 cm³/mol. The van der Waals surface area contributed by atoms with E-state index in [0.29, 0.717) is 30.2 Å². The minimum absolute atomic E-state index is 0.213. The van der Waals surface area contributed by atoms with Crippen molar-refractivity contribution in [3.05, 3.63) is 23.8 Å². The third-order valence-corrected chi connectivity index (χ3v) is 2.68. The van der Waals surface area contributed by atoms with Crippen LogP contribution in [-0.2, 0) is 4.74 Å². The molecule has 0 atom stereocenters. The molecule has 0 fully saturated rings. The minimum atomic E-state index is -0.213. The summed E-state index contributed by atoms with van der Waals surface area (Å²) in [5, 5.41) is 2.77. The Morgan fingerprint density at radius 2 is 2.16 bits per heavy atom. The third kappa shape index (κ3) is 5.18. The number of nitrogens with two attached hydrogens (primary N) is 1. The van der Waals surface area contributed by atoms with E-state index in [9.17, 15) is 4.79 Å². The summed E-state index contributed by atoms with van der Waals surface area (Å²) < 4.78 is 10.4. The van der Waals surface area contributed by atoms with Gasteiger partial charge in [0.1, 0.15) is 5.75 Å². The van der Waals surface area contributed by atoms with Gasteiger partial charge in [-0.05, 0) is 24.6 Å². The molecule has 0 bridgehead atoms. The number of benzene rings is 1. The lowest BCUT2D eigenvalue weighted by Crippen LogP contribution is -2.28. The highest BCUT2D eigenvalue weighted by Gasteiger charge is 2.10. The van der Waals surface area contributed by atoms with Crippen molar-refractivity contribution >= 4 is 11.6 Å². The average Bonchev–Trinajstić information content (AvgIpc) is 2.43. The smallest absolute Gasteiger partial charge is 0.253 e. The maximum Gasteiger partial charge on any atom is 0.253 e. The Bertz CT molecular complexity index is 408. The van der Waals surface area contributed by atoms with E-state index < -0.39 is 0 Å². The van der Waals surface area contributed by atoms with Crippen molar-refractivity contribution in [2.75, 3.05) is 32.6 Å². The van der Waals surface area contributed by atoms with Gasteiger partial charge < -0.3 is 20.5 Å². The lowest BCUT2D eigenvalue weighted by atomic mass is 10.1. The van der Waals surface area contributed by atoms with E-state index in [1.54, 1.807) is 25.3 Å². The molecular formula is C14H22N2O3. The highest BCUT2D eigenvalue weighted by atomic mass is 16.5. The molecule has 1 rings (SSSR count). The normalized spacial score (nSPS) is 10.2. The number of carbonyl (C=O) groups is 1. The highest BCUT2D eigenvalue weighted by molar-refractivity contribution is 5.99. The summed E-state index contributed by atoms with van der Waals surface area (Å²) >= 11 is 0. The second kappa shape index (κ2) is 8.37. The molecule has 0 aliphatic heterocycles. The van der Waals surface area contributed by atoms with Crippen molar-refractivity contribution in [2.45, 2.75) is 19.8 Å². The van der Waals surface area contributed by atoms with Crippen molar-refractivity contribution in [2.24, 2.45) is 0 Å². The number of anilines is 1. The summed E-state index contributed by atoms with van der Waals surface area (Å²) in [4.78, 5) is 11.9. The molecule has 0 saturated carbocycles. The second-order valence-electron chi connectivity index (χ2n) is 4.18.